The van der Waals surface area contributed by atoms with Gasteiger partial charge < -0.3 is 4.90 Å². The lowest BCUT2D eigenvalue weighted by atomic mass is 9.96. The number of rotatable bonds is 5. The molecule has 140 valence electrons. The van der Waals surface area contributed by atoms with E-state index in [0.29, 0.717) is 25.2 Å². The van der Waals surface area contributed by atoms with Gasteiger partial charge in [0.1, 0.15) is 0 Å². The Morgan fingerprint density at radius 3 is 2.69 bits per heavy atom. The number of nitrogens with one attached hydrogen (secondary N) is 1. The summed E-state index contributed by atoms with van der Waals surface area (Å²) in [6.45, 7) is 3.70. The van der Waals surface area contributed by atoms with Crippen LogP contribution in [0.4, 0.5) is 0 Å². The van der Waals surface area contributed by atoms with Crippen molar-refractivity contribution in [2.24, 2.45) is 5.92 Å². The average molecular weight is 394 g/mol. The van der Waals surface area contributed by atoms with Gasteiger partial charge in [0.25, 0.3) is 5.91 Å². The molecule has 1 aliphatic heterocycles. The lowest BCUT2D eigenvalue weighted by Crippen LogP contribution is -2.41. The third kappa shape index (κ3) is 4.90. The fraction of sp³-hybridized carbons (Fsp3) is 0.444. The van der Waals surface area contributed by atoms with Crippen LogP contribution >= 0.6 is 11.3 Å². The summed E-state index contributed by atoms with van der Waals surface area (Å²) >= 11 is 1.59. The van der Waals surface area contributed by atoms with Crippen LogP contribution in [-0.2, 0) is 10.0 Å². The molecule has 6 nitrogen and oxygen atoms in total. The van der Waals surface area contributed by atoms with Gasteiger partial charge >= 0.3 is 0 Å². The van der Waals surface area contributed by atoms with Crippen molar-refractivity contribution < 1.29 is 13.2 Å². The Hall–Kier alpha value is -1.77. The number of aromatic nitrogens is 1. The Kier molecular flexibility index (Phi) is 5.74. The minimum absolute atomic E-state index is 0.0216. The number of amides is 1. The molecule has 26 heavy (non-hydrogen) atoms. The van der Waals surface area contributed by atoms with Crippen molar-refractivity contribution >= 4 is 27.3 Å². The van der Waals surface area contributed by atoms with Crippen molar-refractivity contribution in [3.05, 3.63) is 40.2 Å². The highest BCUT2D eigenvalue weighted by Crippen LogP contribution is 2.24. The fourth-order valence-electron chi connectivity index (χ4n) is 3.10. The van der Waals surface area contributed by atoms with Gasteiger partial charge in [-0.3, -0.25) is 4.79 Å². The number of likely N-dealkylation sites (tertiary alicyclic amines) is 1. The van der Waals surface area contributed by atoms with Gasteiger partial charge in [0.15, 0.2) is 0 Å². The van der Waals surface area contributed by atoms with Crippen LogP contribution in [0.5, 0.6) is 0 Å². The van der Waals surface area contributed by atoms with Crippen molar-refractivity contribution in [3.63, 3.8) is 0 Å². The quantitative estimate of drug-likeness (QED) is 0.847. The van der Waals surface area contributed by atoms with E-state index in [2.05, 4.69) is 9.71 Å². The number of piperidine rings is 1. The van der Waals surface area contributed by atoms with Gasteiger partial charge in [-0.25, -0.2) is 18.1 Å². The SMILES string of the molecule is Cc1nc(-c2cccc(C(=O)N3CCC(CNS(C)(=O)=O)CC3)c2)cs1. The fourth-order valence-corrected chi connectivity index (χ4v) is 4.26. The van der Waals surface area contributed by atoms with Gasteiger partial charge in [-0.1, -0.05) is 12.1 Å². The van der Waals surface area contributed by atoms with E-state index in [4.69, 9.17) is 0 Å². The third-order valence-corrected chi connectivity index (χ3v) is 6.02. The Morgan fingerprint density at radius 2 is 2.08 bits per heavy atom. The monoisotopic (exact) mass is 393 g/mol. The van der Waals surface area contributed by atoms with Crippen molar-refractivity contribution in [2.75, 3.05) is 25.9 Å². The number of carbonyl (C=O) groups excluding carboxylic acids is 1. The molecule has 0 atom stereocenters. The van der Waals surface area contributed by atoms with Crippen LogP contribution < -0.4 is 4.72 Å². The minimum atomic E-state index is -3.16. The normalized spacial score (nSPS) is 16.0. The molecule has 1 amide bonds. The van der Waals surface area contributed by atoms with Gasteiger partial charge in [0.05, 0.1) is 17.0 Å². The van der Waals surface area contributed by atoms with Crippen molar-refractivity contribution in [1.29, 1.82) is 0 Å². The zero-order chi connectivity index (χ0) is 18.7. The van der Waals surface area contributed by atoms with E-state index in [0.717, 1.165) is 29.1 Å². The molecule has 3 rings (SSSR count). The largest absolute Gasteiger partial charge is 0.339 e. The molecule has 1 fully saturated rings. The summed E-state index contributed by atoms with van der Waals surface area (Å²) < 4.78 is 25.0. The van der Waals surface area contributed by atoms with Gasteiger partial charge in [0.2, 0.25) is 10.0 Å². The molecule has 1 aromatic carbocycles. The molecule has 0 spiro atoms. The van der Waals surface area contributed by atoms with Crippen LogP contribution in [-0.4, -0.2) is 50.1 Å². The highest BCUT2D eigenvalue weighted by molar-refractivity contribution is 7.88. The maximum Gasteiger partial charge on any atom is 0.253 e. The Bertz CT molecular complexity index is 885. The van der Waals surface area contributed by atoms with Crippen LogP contribution in [0.1, 0.15) is 28.2 Å². The summed E-state index contributed by atoms with van der Waals surface area (Å²) in [6.07, 6.45) is 2.78. The van der Waals surface area contributed by atoms with Crippen LogP contribution in [0.15, 0.2) is 29.6 Å². The first-order chi connectivity index (χ1) is 12.3. The first-order valence-electron chi connectivity index (χ1n) is 8.58. The molecule has 2 aromatic rings. The molecule has 1 aromatic heterocycles. The van der Waals surface area contributed by atoms with E-state index in [1.54, 1.807) is 11.3 Å². The first kappa shape index (κ1) is 19.0. The maximum atomic E-state index is 12.8. The van der Waals surface area contributed by atoms with Gasteiger partial charge in [-0.05, 0) is 37.8 Å². The lowest BCUT2D eigenvalue weighted by Gasteiger charge is -2.32. The van der Waals surface area contributed by atoms with E-state index in [1.807, 2.05) is 41.5 Å². The van der Waals surface area contributed by atoms with E-state index in [1.165, 1.54) is 6.26 Å². The number of benzene rings is 1. The first-order valence-corrected chi connectivity index (χ1v) is 11.4. The lowest BCUT2D eigenvalue weighted by molar-refractivity contribution is 0.0692. The number of hydrogen-bond acceptors (Lipinski definition) is 5. The molecule has 2 heterocycles. The molecule has 1 N–H and O–H groups in total. The summed E-state index contributed by atoms with van der Waals surface area (Å²) in [4.78, 5) is 19.1. The highest BCUT2D eigenvalue weighted by Gasteiger charge is 2.24. The highest BCUT2D eigenvalue weighted by atomic mass is 32.2. The molecule has 0 unspecified atom stereocenters. The Labute approximate surface area is 158 Å². The van der Waals surface area contributed by atoms with Crippen LogP contribution in [0, 0.1) is 12.8 Å². The summed E-state index contributed by atoms with van der Waals surface area (Å²) in [5.41, 5.74) is 2.51. The molecule has 8 heteroatoms. The van der Waals surface area contributed by atoms with E-state index in [-0.39, 0.29) is 11.8 Å². The number of nitrogens with zero attached hydrogens (tertiary/aromatic N) is 2. The topological polar surface area (TPSA) is 79.4 Å². The molecule has 0 radical (unpaired) electrons. The van der Waals surface area contributed by atoms with Crippen molar-refractivity contribution in [2.45, 2.75) is 19.8 Å². The number of thiazole rings is 1. The van der Waals surface area contributed by atoms with Crippen molar-refractivity contribution in [3.8, 4) is 11.3 Å². The average Bonchev–Trinajstić information content (AvgIpc) is 3.06. The summed E-state index contributed by atoms with van der Waals surface area (Å²) in [5, 5.41) is 3.00. The minimum Gasteiger partial charge on any atom is -0.339 e. The Morgan fingerprint density at radius 1 is 1.35 bits per heavy atom. The molecule has 0 bridgehead atoms. The molecular formula is C18H23N3O3S2. The summed E-state index contributed by atoms with van der Waals surface area (Å²) in [6, 6.07) is 7.59. The van der Waals surface area contributed by atoms with E-state index >= 15 is 0 Å². The molecule has 1 saturated heterocycles. The van der Waals surface area contributed by atoms with Crippen LogP contribution in [0.2, 0.25) is 0 Å². The van der Waals surface area contributed by atoms with Gasteiger partial charge in [-0.2, -0.15) is 0 Å². The number of aryl methyl sites for hydroxylation is 1. The molecule has 0 aliphatic carbocycles. The summed E-state index contributed by atoms with van der Waals surface area (Å²) in [7, 11) is -3.16. The predicted octanol–water partition coefficient (Wildman–Crippen LogP) is 2.52. The maximum absolute atomic E-state index is 12.8. The Balaban J connectivity index is 1.62. The van der Waals surface area contributed by atoms with Crippen LogP contribution in [0.3, 0.4) is 0 Å². The van der Waals surface area contributed by atoms with E-state index in [9.17, 15) is 13.2 Å². The standard InChI is InChI=1S/C18H23N3O3S2/c1-13-20-17(12-25-13)15-4-3-5-16(10-15)18(22)21-8-6-14(7-9-21)11-19-26(2,23)24/h3-5,10,12,14,19H,6-9,11H2,1-2H3. The zero-order valence-electron chi connectivity index (χ0n) is 14.9. The summed E-state index contributed by atoms with van der Waals surface area (Å²) in [5.74, 6) is 0.298. The molecule has 0 saturated carbocycles. The number of carbonyl (C=O) groups is 1. The third-order valence-electron chi connectivity index (χ3n) is 4.56. The molecule has 1 aliphatic rings. The smallest absolute Gasteiger partial charge is 0.253 e. The number of hydrogen-bond donors (Lipinski definition) is 1. The zero-order valence-corrected chi connectivity index (χ0v) is 16.6. The van der Waals surface area contributed by atoms with Crippen LogP contribution in [0.25, 0.3) is 11.3 Å². The molecular weight excluding hydrogens is 370 g/mol. The van der Waals surface area contributed by atoms with Gasteiger partial charge in [0, 0.05) is 36.1 Å². The second-order valence-corrected chi connectivity index (χ2v) is 9.58. The van der Waals surface area contributed by atoms with E-state index < -0.39 is 10.0 Å². The second kappa shape index (κ2) is 7.85. The van der Waals surface area contributed by atoms with Crippen molar-refractivity contribution in [1.82, 2.24) is 14.6 Å². The number of sulfonamides is 1. The predicted molar refractivity (Wildman–Crippen MR) is 104 cm³/mol. The second-order valence-electron chi connectivity index (χ2n) is 6.69. The van der Waals surface area contributed by atoms with Gasteiger partial charge in [-0.15, -0.1) is 11.3 Å².